The Kier molecular flexibility index (Phi) is 6.36. The largest absolute Gasteiger partial charge is 0.486 e. The first-order valence-electron chi connectivity index (χ1n) is 10.5. The molecule has 2 aromatic heterocycles. The molecule has 32 heavy (non-hydrogen) atoms. The number of likely N-dealkylation sites (tertiary alicyclic amines) is 1. The second-order valence-electron chi connectivity index (χ2n) is 8.34. The molecule has 170 valence electrons. The summed E-state index contributed by atoms with van der Waals surface area (Å²) in [6, 6.07) is 9.48. The summed E-state index contributed by atoms with van der Waals surface area (Å²) in [6.07, 6.45) is 7.81. The molecule has 1 fully saturated rings. The number of rotatable bonds is 7. The summed E-state index contributed by atoms with van der Waals surface area (Å²) in [4.78, 5) is 26.0. The number of carbonyl (C=O) groups is 1. The van der Waals surface area contributed by atoms with Crippen molar-refractivity contribution in [1.82, 2.24) is 9.47 Å². The van der Waals surface area contributed by atoms with Crippen molar-refractivity contribution in [2.24, 2.45) is 5.92 Å². The van der Waals surface area contributed by atoms with Crippen LogP contribution in [0, 0.1) is 5.92 Å². The van der Waals surface area contributed by atoms with Gasteiger partial charge in [0.15, 0.2) is 9.84 Å². The van der Waals surface area contributed by atoms with Crippen LogP contribution in [0.2, 0.25) is 0 Å². The summed E-state index contributed by atoms with van der Waals surface area (Å²) in [5.41, 5.74) is -0.233. The maximum atomic E-state index is 12.4. The molecule has 0 saturated carbocycles. The fraction of sp³-hybridized carbons (Fsp3) is 0.391. The zero-order valence-corrected chi connectivity index (χ0v) is 18.7. The third kappa shape index (κ3) is 5.59. The van der Waals surface area contributed by atoms with Crippen LogP contribution in [0.5, 0.6) is 5.75 Å². The van der Waals surface area contributed by atoms with Gasteiger partial charge in [-0.3, -0.25) is 9.59 Å². The highest BCUT2D eigenvalue weighted by atomic mass is 32.2. The summed E-state index contributed by atoms with van der Waals surface area (Å²) in [5, 5.41) is 2.25. The second kappa shape index (κ2) is 9.20. The Morgan fingerprint density at radius 1 is 1.16 bits per heavy atom. The molecule has 4 rings (SSSR count). The van der Waals surface area contributed by atoms with Gasteiger partial charge >= 0.3 is 0 Å². The topological polar surface area (TPSA) is 98.8 Å². The van der Waals surface area contributed by atoms with Gasteiger partial charge in [0.1, 0.15) is 17.8 Å². The summed E-state index contributed by atoms with van der Waals surface area (Å²) in [5.74, 6) is 0.0744. The number of hydrogen-bond donors (Lipinski definition) is 0. The van der Waals surface area contributed by atoms with Gasteiger partial charge in [-0.15, -0.1) is 0 Å². The van der Waals surface area contributed by atoms with Crippen molar-refractivity contribution in [3.8, 4) is 5.75 Å². The lowest BCUT2D eigenvalue weighted by Crippen LogP contribution is -2.42. The third-order valence-corrected chi connectivity index (χ3v) is 6.40. The summed E-state index contributed by atoms with van der Waals surface area (Å²) >= 11 is 0. The summed E-state index contributed by atoms with van der Waals surface area (Å²) in [6.45, 7) is 1.77. The zero-order chi connectivity index (χ0) is 22.7. The van der Waals surface area contributed by atoms with Crippen LogP contribution in [-0.4, -0.2) is 55.5 Å². The Balaban J connectivity index is 1.29. The van der Waals surface area contributed by atoms with Gasteiger partial charge in [0, 0.05) is 37.8 Å². The molecule has 1 amide bonds. The predicted molar refractivity (Wildman–Crippen MR) is 121 cm³/mol. The van der Waals surface area contributed by atoms with E-state index in [4.69, 9.17) is 9.15 Å². The molecule has 0 bridgehead atoms. The first-order valence-corrected chi connectivity index (χ1v) is 12.6. The molecule has 3 heterocycles. The van der Waals surface area contributed by atoms with Gasteiger partial charge in [0.2, 0.25) is 17.1 Å². The maximum Gasteiger partial charge on any atom is 0.237 e. The number of carbonyl (C=O) groups excluding carboxylic acids is 1. The molecule has 1 aromatic carbocycles. The van der Waals surface area contributed by atoms with Crippen molar-refractivity contribution in [1.29, 1.82) is 0 Å². The number of piperidine rings is 1. The lowest BCUT2D eigenvalue weighted by Gasteiger charge is -2.31. The average Bonchev–Trinajstić information content (AvgIpc) is 3.14. The molecule has 9 heteroatoms. The van der Waals surface area contributed by atoms with E-state index >= 15 is 0 Å². The standard InChI is InChI=1S/C23H26N2O6S/c1-32(28,29)16-23(27)25-8-6-17(7-9-25)14-31-22-15-30-20(10-21(22)26)13-24-11-18-4-2-3-5-19(18)12-24/h2-5,10-12,15,17H,6-9,13-14,16H2,1H3. The van der Waals surface area contributed by atoms with Crippen LogP contribution in [0.4, 0.5) is 0 Å². The molecule has 1 aliphatic heterocycles. The van der Waals surface area contributed by atoms with E-state index in [1.54, 1.807) is 4.90 Å². The van der Waals surface area contributed by atoms with E-state index in [0.717, 1.165) is 17.0 Å². The van der Waals surface area contributed by atoms with Crippen molar-refractivity contribution < 1.29 is 22.4 Å². The molecule has 0 spiro atoms. The number of ether oxygens (including phenoxy) is 1. The first-order chi connectivity index (χ1) is 15.3. The highest BCUT2D eigenvalue weighted by molar-refractivity contribution is 7.91. The zero-order valence-electron chi connectivity index (χ0n) is 17.9. The molecule has 1 saturated heterocycles. The number of amides is 1. The smallest absolute Gasteiger partial charge is 0.237 e. The Hall–Kier alpha value is -3.07. The number of benzene rings is 1. The van der Waals surface area contributed by atoms with E-state index in [9.17, 15) is 18.0 Å². The Labute approximate surface area is 186 Å². The van der Waals surface area contributed by atoms with Gasteiger partial charge in [-0.25, -0.2) is 8.42 Å². The number of sulfone groups is 1. The molecule has 1 aliphatic rings. The molecule has 3 aromatic rings. The van der Waals surface area contributed by atoms with Crippen LogP contribution >= 0.6 is 0 Å². The van der Waals surface area contributed by atoms with E-state index in [1.165, 1.54) is 12.3 Å². The lowest BCUT2D eigenvalue weighted by molar-refractivity contribution is -0.129. The van der Waals surface area contributed by atoms with Gasteiger partial charge in [-0.2, -0.15) is 0 Å². The molecular weight excluding hydrogens is 432 g/mol. The number of fused-ring (bicyclic) bond motifs is 1. The van der Waals surface area contributed by atoms with E-state index in [1.807, 2.05) is 41.2 Å². The molecular formula is C23H26N2O6S. The molecule has 0 radical (unpaired) electrons. The molecule has 8 nitrogen and oxygen atoms in total. The van der Waals surface area contributed by atoms with Crippen LogP contribution in [0.25, 0.3) is 10.8 Å². The van der Waals surface area contributed by atoms with Gasteiger partial charge in [0.25, 0.3) is 0 Å². The van der Waals surface area contributed by atoms with Gasteiger partial charge < -0.3 is 18.6 Å². The van der Waals surface area contributed by atoms with E-state index in [-0.39, 0.29) is 23.0 Å². The minimum Gasteiger partial charge on any atom is -0.486 e. The van der Waals surface area contributed by atoms with E-state index in [2.05, 4.69) is 0 Å². The Bertz CT molecular complexity index is 1240. The SMILES string of the molecule is CS(=O)(=O)CC(=O)N1CCC(COc2coc(Cn3cc4ccccc4c3)cc2=O)CC1. The summed E-state index contributed by atoms with van der Waals surface area (Å²) < 4.78 is 35.9. The van der Waals surface area contributed by atoms with Crippen molar-refractivity contribution >= 4 is 26.5 Å². The van der Waals surface area contributed by atoms with Crippen LogP contribution < -0.4 is 10.2 Å². The van der Waals surface area contributed by atoms with Gasteiger partial charge in [-0.1, -0.05) is 24.3 Å². The fourth-order valence-electron chi connectivity index (χ4n) is 3.91. The summed E-state index contributed by atoms with van der Waals surface area (Å²) in [7, 11) is -3.33. The van der Waals surface area contributed by atoms with Crippen LogP contribution in [0.15, 0.2) is 58.2 Å². The molecule has 0 N–H and O–H groups in total. The molecule has 0 atom stereocenters. The molecule has 0 aliphatic carbocycles. The highest BCUT2D eigenvalue weighted by Gasteiger charge is 2.25. The lowest BCUT2D eigenvalue weighted by atomic mass is 9.98. The Morgan fingerprint density at radius 3 is 2.41 bits per heavy atom. The van der Waals surface area contributed by atoms with Crippen molar-refractivity contribution in [3.05, 3.63) is 65.0 Å². The third-order valence-electron chi connectivity index (χ3n) is 5.62. The normalized spacial score (nSPS) is 15.2. The highest BCUT2D eigenvalue weighted by Crippen LogP contribution is 2.20. The minimum absolute atomic E-state index is 0.169. The van der Waals surface area contributed by atoms with Crippen LogP contribution in [0.1, 0.15) is 18.6 Å². The quantitative estimate of drug-likeness (QED) is 0.539. The fourth-order valence-corrected chi connectivity index (χ4v) is 4.54. The average molecular weight is 459 g/mol. The number of aromatic nitrogens is 1. The Morgan fingerprint density at radius 2 is 1.81 bits per heavy atom. The minimum atomic E-state index is -3.33. The van der Waals surface area contributed by atoms with Gasteiger partial charge in [0.05, 0.1) is 13.2 Å². The first kappa shape index (κ1) is 22.1. The number of nitrogens with zero attached hydrogens (tertiary/aromatic N) is 2. The van der Waals surface area contributed by atoms with E-state index in [0.29, 0.717) is 44.8 Å². The van der Waals surface area contributed by atoms with Crippen molar-refractivity contribution in [3.63, 3.8) is 0 Å². The van der Waals surface area contributed by atoms with Crippen molar-refractivity contribution in [2.45, 2.75) is 19.4 Å². The number of hydrogen-bond acceptors (Lipinski definition) is 6. The van der Waals surface area contributed by atoms with Crippen molar-refractivity contribution in [2.75, 3.05) is 31.7 Å². The monoisotopic (exact) mass is 458 g/mol. The van der Waals surface area contributed by atoms with Gasteiger partial charge in [-0.05, 0) is 29.5 Å². The molecule has 0 unspecified atom stereocenters. The maximum absolute atomic E-state index is 12.4. The van der Waals surface area contributed by atoms with Crippen LogP contribution in [-0.2, 0) is 21.2 Å². The predicted octanol–water partition coefficient (Wildman–Crippen LogP) is 2.30. The van der Waals surface area contributed by atoms with E-state index < -0.39 is 15.6 Å². The van der Waals surface area contributed by atoms with Crippen LogP contribution in [0.3, 0.4) is 0 Å². The second-order valence-corrected chi connectivity index (χ2v) is 10.5.